The van der Waals surface area contributed by atoms with Crippen molar-refractivity contribution < 1.29 is 4.42 Å². The highest BCUT2D eigenvalue weighted by Crippen LogP contribution is 2.57. The molecule has 15 heteroatoms. The van der Waals surface area contributed by atoms with Gasteiger partial charge in [-0.3, -0.25) is 14.7 Å². The molecule has 0 N–H and O–H groups in total. The molecule has 0 aliphatic carbocycles. The molecule has 0 atom stereocenters. The van der Waals surface area contributed by atoms with E-state index in [9.17, 15) is 0 Å². The monoisotopic (exact) mass is 1760 g/mol. The molecule has 12 heterocycles. The van der Waals surface area contributed by atoms with Gasteiger partial charge >= 0.3 is 0 Å². The van der Waals surface area contributed by atoms with E-state index in [0.29, 0.717) is 17.8 Å². The van der Waals surface area contributed by atoms with E-state index in [0.717, 1.165) is 162 Å². The van der Waals surface area contributed by atoms with E-state index in [-0.39, 0.29) is 0 Å². The minimum absolute atomic E-state index is 0.626. The number of para-hydroxylation sites is 10. The van der Waals surface area contributed by atoms with Crippen molar-refractivity contribution in [2.45, 2.75) is 0 Å². The summed E-state index contributed by atoms with van der Waals surface area (Å²) in [4.78, 5) is 38.2. The Morgan fingerprint density at radius 2 is 0.496 bits per heavy atom. The number of hydrogen-bond acceptors (Lipinski definition) is 12. The minimum atomic E-state index is 0.626. The van der Waals surface area contributed by atoms with Crippen LogP contribution in [0.2, 0.25) is 0 Å². The van der Waals surface area contributed by atoms with E-state index in [1.165, 1.54) is 84.0 Å². The van der Waals surface area contributed by atoms with Crippen molar-refractivity contribution >= 4 is 202 Å². The number of anilines is 9. The Bertz CT molecular complexity index is 9000. The molecule has 0 radical (unpaired) electrons. The van der Waals surface area contributed by atoms with Crippen LogP contribution < -0.4 is 14.7 Å². The van der Waals surface area contributed by atoms with E-state index in [1.54, 1.807) is 0 Å². The molecule has 0 amide bonds. The van der Waals surface area contributed by atoms with Crippen molar-refractivity contribution in [2.75, 3.05) is 14.7 Å². The molecular weight excluding hydrogens is 1690 g/mol. The zero-order valence-electron chi connectivity index (χ0n) is 72.2. The first-order valence-electron chi connectivity index (χ1n) is 45.3. The van der Waals surface area contributed by atoms with Gasteiger partial charge in [0.05, 0.1) is 124 Å². The zero-order valence-corrected chi connectivity index (χ0v) is 73.8. The molecule has 630 valence electrons. The Morgan fingerprint density at radius 1 is 0.193 bits per heavy atom. The topological polar surface area (TPSA) is 115 Å². The zero-order chi connectivity index (χ0) is 88.5. The average Bonchev–Trinajstić information content (AvgIpc) is 1.56. The molecule has 27 aromatic rings. The molecule has 3 aliphatic heterocycles. The van der Waals surface area contributed by atoms with E-state index in [4.69, 9.17) is 34.3 Å². The van der Waals surface area contributed by atoms with Crippen LogP contribution in [-0.2, 0) is 0 Å². The summed E-state index contributed by atoms with van der Waals surface area (Å²) in [6.45, 7) is 0. The summed E-state index contributed by atoms with van der Waals surface area (Å²) in [5, 5.41) is 14.8. The second-order valence-corrected chi connectivity index (χ2v) is 36.4. The van der Waals surface area contributed by atoms with Gasteiger partial charge in [-0.25, -0.2) is 29.9 Å². The standard InChI is InChI=1S/C40H24N4O.2C40H24N4S/c2*1-3-12-25(13-4-1)30-24-31(26-14-5-2-6-15-26)42-40(41-30)44-33-19-9-8-18-32(33)43-34-23-22-28-27-16-7-10-21-36(27)45-39(28)37(34)29-17-11-20-35(44)38(29)43;1-3-12-25(13-4-1)29-24-30(26-14-5-2-6-15-26)42-40(41-29)44-32-19-9-8-18-31(32)43-33-22-23-36-38(27-16-7-10-21-35(27)45-36)37(33)28-17-11-20-34(44)39(28)43/h3*1-24H. The molecule has 9 aromatic heterocycles. The van der Waals surface area contributed by atoms with E-state index in [1.807, 2.05) is 95.5 Å². The van der Waals surface area contributed by atoms with Crippen molar-refractivity contribution in [1.29, 1.82) is 0 Å². The molecule has 18 aromatic carbocycles. The fourth-order valence-corrected chi connectivity index (χ4v) is 23.4. The third-order valence-electron chi connectivity index (χ3n) is 26.8. The van der Waals surface area contributed by atoms with Crippen LogP contribution in [0.3, 0.4) is 0 Å². The summed E-state index contributed by atoms with van der Waals surface area (Å²) in [6.07, 6.45) is 0. The van der Waals surface area contributed by atoms with Crippen LogP contribution >= 0.6 is 22.7 Å². The Hall–Kier alpha value is -17.8. The molecule has 0 saturated heterocycles. The third kappa shape index (κ3) is 11.9. The SMILES string of the molecule is c1ccc(-c2cc(-c3ccccc3)nc(N3c4ccccc4-n4c5ccc6c7ccccc7oc6c5c5cccc3c54)n2)cc1.c1ccc(-c2cc(-c3ccccc3)nc(N3c4ccccc4-n4c5ccc6c7ccccc7sc6c5c5cccc3c54)n2)cc1.c1ccc(-c2cc(-c3ccccc3)nc(N3c4ccccc4-n4c5ccc6sc7ccccc7c6c5c5cccc3c54)n2)cc1. The first kappa shape index (κ1) is 76.1. The van der Waals surface area contributed by atoms with Crippen LogP contribution in [-0.4, -0.2) is 43.6 Å². The Balaban J connectivity index is 0.000000101. The Kier molecular flexibility index (Phi) is 17.2. The van der Waals surface area contributed by atoms with E-state index >= 15 is 0 Å². The molecule has 135 heavy (non-hydrogen) atoms. The smallest absolute Gasteiger partial charge is 0.235 e. The van der Waals surface area contributed by atoms with E-state index < -0.39 is 0 Å². The number of benzene rings is 18. The van der Waals surface area contributed by atoms with Gasteiger partial charge in [0.2, 0.25) is 17.8 Å². The summed E-state index contributed by atoms with van der Waals surface area (Å²) in [5.74, 6) is 1.93. The van der Waals surface area contributed by atoms with E-state index in [2.05, 4.69) is 392 Å². The molecule has 0 bridgehead atoms. The van der Waals surface area contributed by atoms with Gasteiger partial charge in [0.1, 0.15) is 11.2 Å². The highest BCUT2D eigenvalue weighted by molar-refractivity contribution is 7.27. The quantitative estimate of drug-likeness (QED) is 0.138. The molecule has 0 fully saturated rings. The fourth-order valence-electron chi connectivity index (χ4n) is 21.0. The lowest BCUT2D eigenvalue weighted by Gasteiger charge is -2.31. The van der Waals surface area contributed by atoms with Gasteiger partial charge in [0, 0.05) is 111 Å². The van der Waals surface area contributed by atoms with Crippen LogP contribution in [0.1, 0.15) is 0 Å². The number of aromatic nitrogens is 9. The summed E-state index contributed by atoms with van der Waals surface area (Å²) < 4.78 is 19.1. The maximum absolute atomic E-state index is 6.57. The van der Waals surface area contributed by atoms with Crippen molar-refractivity contribution in [1.82, 2.24) is 43.6 Å². The van der Waals surface area contributed by atoms with Gasteiger partial charge in [0.15, 0.2) is 0 Å². The second kappa shape index (κ2) is 30.4. The van der Waals surface area contributed by atoms with Gasteiger partial charge in [-0.2, -0.15) is 0 Å². The predicted molar refractivity (Wildman–Crippen MR) is 560 cm³/mol. The number of nitrogens with zero attached hydrogens (tertiary/aromatic N) is 12. The number of hydrogen-bond donors (Lipinski definition) is 0. The molecule has 0 saturated carbocycles. The third-order valence-corrected chi connectivity index (χ3v) is 29.1. The van der Waals surface area contributed by atoms with Gasteiger partial charge in [-0.15, -0.1) is 22.7 Å². The minimum Gasteiger partial charge on any atom is -0.455 e. The molecule has 0 unspecified atom stereocenters. The Morgan fingerprint density at radius 3 is 0.919 bits per heavy atom. The molecule has 0 spiro atoms. The molecule has 3 aliphatic rings. The Labute approximate surface area is 780 Å². The highest BCUT2D eigenvalue weighted by Gasteiger charge is 2.37. The van der Waals surface area contributed by atoms with Gasteiger partial charge in [-0.1, -0.05) is 315 Å². The lowest BCUT2D eigenvalue weighted by atomic mass is 10.0. The van der Waals surface area contributed by atoms with Crippen molar-refractivity contribution in [3.05, 3.63) is 437 Å². The molecule has 13 nitrogen and oxygen atoms in total. The number of furan rings is 1. The molecule has 30 rings (SSSR count). The lowest BCUT2D eigenvalue weighted by Crippen LogP contribution is -2.20. The summed E-state index contributed by atoms with van der Waals surface area (Å²) >= 11 is 3.75. The largest absolute Gasteiger partial charge is 0.455 e. The van der Waals surface area contributed by atoms with Gasteiger partial charge in [0.25, 0.3) is 0 Å². The number of thiophene rings is 2. The predicted octanol–water partition coefficient (Wildman–Crippen LogP) is 32.7. The first-order chi connectivity index (χ1) is 67.0. The van der Waals surface area contributed by atoms with Crippen LogP contribution in [0.5, 0.6) is 0 Å². The second-order valence-electron chi connectivity index (χ2n) is 34.3. The molecular formula is C120H72N12OS2. The summed E-state index contributed by atoms with van der Waals surface area (Å²) in [7, 11) is 0. The summed E-state index contributed by atoms with van der Waals surface area (Å²) in [5.41, 5.74) is 30.0. The van der Waals surface area contributed by atoms with Crippen molar-refractivity contribution in [3.63, 3.8) is 0 Å². The van der Waals surface area contributed by atoms with Crippen molar-refractivity contribution in [2.24, 2.45) is 0 Å². The van der Waals surface area contributed by atoms with Crippen LogP contribution in [0.4, 0.5) is 52.0 Å². The highest BCUT2D eigenvalue weighted by atomic mass is 32.1. The van der Waals surface area contributed by atoms with Gasteiger partial charge < -0.3 is 18.1 Å². The van der Waals surface area contributed by atoms with Crippen LogP contribution in [0.15, 0.2) is 441 Å². The lowest BCUT2D eigenvalue weighted by molar-refractivity contribution is 0.673. The maximum Gasteiger partial charge on any atom is 0.235 e. The average molecular weight is 1760 g/mol. The number of rotatable bonds is 9. The van der Waals surface area contributed by atoms with Crippen LogP contribution in [0, 0.1) is 0 Å². The van der Waals surface area contributed by atoms with Crippen molar-refractivity contribution in [3.8, 4) is 84.6 Å². The maximum atomic E-state index is 6.57. The van der Waals surface area contributed by atoms with Gasteiger partial charge in [-0.05, 0) is 121 Å². The fraction of sp³-hybridized carbons (Fsp3) is 0. The van der Waals surface area contributed by atoms with Crippen LogP contribution in [0.25, 0.3) is 212 Å². The summed E-state index contributed by atoms with van der Waals surface area (Å²) in [6, 6.07) is 153. The normalized spacial score (nSPS) is 12.4. The number of fused-ring (bicyclic) bond motifs is 27. The first-order valence-corrected chi connectivity index (χ1v) is 46.9.